The number of hydrogen-bond donors (Lipinski definition) is 1. The third-order valence-corrected chi connectivity index (χ3v) is 2.27. The number of aliphatic hydroxyl groups excluding tert-OH is 1. The summed E-state index contributed by atoms with van der Waals surface area (Å²) in [4.78, 5) is 0. The summed E-state index contributed by atoms with van der Waals surface area (Å²) in [5, 5.41) is 8.37. The quantitative estimate of drug-likeness (QED) is 0.435. The van der Waals surface area contributed by atoms with Gasteiger partial charge in [-0.1, -0.05) is 58.4 Å². The minimum Gasteiger partial charge on any atom is -0.396 e. The fraction of sp³-hybridized carbons (Fsp3) is 0.857. The van der Waals surface area contributed by atoms with Crippen LogP contribution in [0.3, 0.4) is 0 Å². The Balaban J connectivity index is 0. The zero-order valence-electron chi connectivity index (χ0n) is 10.8. The van der Waals surface area contributed by atoms with Crippen molar-refractivity contribution in [2.75, 3.05) is 6.61 Å². The van der Waals surface area contributed by atoms with Crippen LogP contribution >= 0.6 is 0 Å². The molecule has 0 aliphatic heterocycles. The monoisotopic (exact) mass is 214 g/mol. The van der Waals surface area contributed by atoms with E-state index in [-0.39, 0.29) is 0 Å². The molecule has 0 aliphatic rings. The van der Waals surface area contributed by atoms with E-state index in [9.17, 15) is 0 Å². The predicted molar refractivity (Wildman–Crippen MR) is 70.2 cm³/mol. The normalized spacial score (nSPS) is 9.27. The van der Waals surface area contributed by atoms with Crippen LogP contribution in [0.25, 0.3) is 0 Å². The fourth-order valence-electron chi connectivity index (χ4n) is 1.25. The number of rotatable bonds is 9. The Morgan fingerprint density at radius 2 is 1.40 bits per heavy atom. The molecule has 15 heavy (non-hydrogen) atoms. The van der Waals surface area contributed by atoms with E-state index in [1.54, 1.807) is 0 Å². The van der Waals surface area contributed by atoms with Crippen molar-refractivity contribution >= 4 is 0 Å². The molecule has 92 valence electrons. The van der Waals surface area contributed by atoms with E-state index < -0.39 is 0 Å². The Bertz CT molecular complexity index is 93.5. The highest BCUT2D eigenvalue weighted by atomic mass is 16.2. The predicted octanol–water partition coefficient (Wildman–Crippen LogP) is 4.70. The number of hydrogen-bond acceptors (Lipinski definition) is 1. The molecule has 0 atom stereocenters. The summed E-state index contributed by atoms with van der Waals surface area (Å²) >= 11 is 0. The molecule has 0 amide bonds. The Hall–Kier alpha value is -0.300. The molecule has 0 bridgehead atoms. The van der Waals surface area contributed by atoms with Gasteiger partial charge in [0.15, 0.2) is 0 Å². The molecule has 0 aliphatic carbocycles. The molecule has 0 saturated heterocycles. The molecule has 0 spiro atoms. The summed E-state index contributed by atoms with van der Waals surface area (Å²) < 4.78 is 0. The second kappa shape index (κ2) is 19.3. The molecule has 0 aromatic rings. The van der Waals surface area contributed by atoms with Gasteiger partial charge in [-0.15, -0.1) is 6.58 Å². The number of unbranched alkanes of at least 4 members (excludes halogenated alkanes) is 7. The second-order valence-corrected chi connectivity index (χ2v) is 3.92. The molecule has 0 unspecified atom stereocenters. The lowest BCUT2D eigenvalue weighted by atomic mass is 10.2. The van der Waals surface area contributed by atoms with Crippen LogP contribution in [0.15, 0.2) is 12.7 Å². The number of allylic oxidation sites excluding steroid dienone is 1. The molecule has 0 saturated carbocycles. The van der Waals surface area contributed by atoms with Crippen molar-refractivity contribution in [3.63, 3.8) is 0 Å². The molecule has 0 radical (unpaired) electrons. The molecule has 0 aromatic carbocycles. The van der Waals surface area contributed by atoms with Gasteiger partial charge < -0.3 is 5.11 Å². The minimum absolute atomic E-state index is 0.365. The van der Waals surface area contributed by atoms with Crippen molar-refractivity contribution in [1.29, 1.82) is 0 Å². The Morgan fingerprint density at radius 3 is 1.87 bits per heavy atom. The summed E-state index contributed by atoms with van der Waals surface area (Å²) in [5.74, 6) is 0. The lowest BCUT2D eigenvalue weighted by Gasteiger charge is -1.93. The molecular formula is C14H30O. The van der Waals surface area contributed by atoms with Crippen LogP contribution in [0.2, 0.25) is 0 Å². The lowest BCUT2D eigenvalue weighted by Crippen LogP contribution is -1.81. The number of aliphatic hydroxyl groups is 1. The smallest absolute Gasteiger partial charge is 0.0431 e. The van der Waals surface area contributed by atoms with E-state index in [0.29, 0.717) is 6.61 Å². The zero-order chi connectivity index (χ0) is 11.8. The van der Waals surface area contributed by atoms with Crippen molar-refractivity contribution in [2.24, 2.45) is 0 Å². The lowest BCUT2D eigenvalue weighted by molar-refractivity contribution is 0.282. The molecule has 1 nitrogen and oxygen atoms in total. The molecule has 0 fully saturated rings. The molecule has 0 aromatic heterocycles. The SMILES string of the molecule is C=CCCCCC.CCCCCCCO. The first-order valence-corrected chi connectivity index (χ1v) is 6.55. The van der Waals surface area contributed by atoms with E-state index in [1.165, 1.54) is 51.4 Å². The van der Waals surface area contributed by atoms with Crippen LogP contribution in [0, 0.1) is 0 Å². The van der Waals surface area contributed by atoms with Gasteiger partial charge in [0.25, 0.3) is 0 Å². The fourth-order valence-corrected chi connectivity index (χ4v) is 1.25. The summed E-state index contributed by atoms with van der Waals surface area (Å²) in [5.41, 5.74) is 0. The van der Waals surface area contributed by atoms with Gasteiger partial charge in [-0.05, 0) is 19.3 Å². The van der Waals surface area contributed by atoms with Gasteiger partial charge in [0.2, 0.25) is 0 Å². The van der Waals surface area contributed by atoms with Crippen LogP contribution in [0.1, 0.15) is 71.6 Å². The summed E-state index contributed by atoms with van der Waals surface area (Å²) in [6.45, 7) is 8.40. The standard InChI is InChI=1S/C7H16O.C7H14/c1-2-3-4-5-6-7-8;1-3-5-7-6-4-2/h8H,2-7H2,1H3;3H,1,4-7H2,2H3. The maximum absolute atomic E-state index is 8.37. The van der Waals surface area contributed by atoms with Gasteiger partial charge in [-0.2, -0.15) is 0 Å². The van der Waals surface area contributed by atoms with Crippen molar-refractivity contribution in [1.82, 2.24) is 0 Å². The first-order chi connectivity index (χ1) is 7.33. The van der Waals surface area contributed by atoms with E-state index in [0.717, 1.165) is 6.42 Å². The summed E-state index contributed by atoms with van der Waals surface area (Å²) in [7, 11) is 0. The highest BCUT2D eigenvalue weighted by molar-refractivity contribution is 4.64. The van der Waals surface area contributed by atoms with Crippen molar-refractivity contribution < 1.29 is 5.11 Å². The third-order valence-electron chi connectivity index (χ3n) is 2.27. The van der Waals surface area contributed by atoms with Crippen molar-refractivity contribution in [3.05, 3.63) is 12.7 Å². The average molecular weight is 214 g/mol. The van der Waals surface area contributed by atoms with E-state index in [1.807, 2.05) is 6.08 Å². The maximum atomic E-state index is 8.37. The van der Waals surface area contributed by atoms with Crippen molar-refractivity contribution in [3.8, 4) is 0 Å². The van der Waals surface area contributed by atoms with Gasteiger partial charge in [0.05, 0.1) is 0 Å². The Labute approximate surface area is 96.6 Å². The molecule has 1 N–H and O–H groups in total. The summed E-state index contributed by atoms with van der Waals surface area (Å²) in [6.07, 6.45) is 13.2. The first kappa shape index (κ1) is 17.1. The van der Waals surface area contributed by atoms with Gasteiger partial charge >= 0.3 is 0 Å². The highest BCUT2D eigenvalue weighted by Crippen LogP contribution is 2.00. The molecule has 0 heterocycles. The van der Waals surface area contributed by atoms with Crippen LogP contribution in [-0.2, 0) is 0 Å². The van der Waals surface area contributed by atoms with E-state index in [2.05, 4.69) is 20.4 Å². The minimum atomic E-state index is 0.365. The van der Waals surface area contributed by atoms with Crippen LogP contribution in [-0.4, -0.2) is 11.7 Å². The largest absolute Gasteiger partial charge is 0.396 e. The summed E-state index contributed by atoms with van der Waals surface area (Å²) in [6, 6.07) is 0. The Morgan fingerprint density at radius 1 is 0.867 bits per heavy atom. The highest BCUT2D eigenvalue weighted by Gasteiger charge is 1.84. The Kier molecular flexibility index (Phi) is 22.0. The van der Waals surface area contributed by atoms with Gasteiger partial charge in [-0.25, -0.2) is 0 Å². The van der Waals surface area contributed by atoms with Crippen LogP contribution in [0.5, 0.6) is 0 Å². The van der Waals surface area contributed by atoms with E-state index >= 15 is 0 Å². The van der Waals surface area contributed by atoms with Gasteiger partial charge in [0.1, 0.15) is 0 Å². The van der Waals surface area contributed by atoms with Gasteiger partial charge in [-0.3, -0.25) is 0 Å². The molecular weight excluding hydrogens is 184 g/mol. The third kappa shape index (κ3) is 24.8. The molecule has 0 rings (SSSR count). The van der Waals surface area contributed by atoms with Crippen LogP contribution in [0.4, 0.5) is 0 Å². The van der Waals surface area contributed by atoms with Crippen LogP contribution < -0.4 is 0 Å². The molecule has 1 heteroatoms. The zero-order valence-corrected chi connectivity index (χ0v) is 10.8. The van der Waals surface area contributed by atoms with E-state index in [4.69, 9.17) is 5.11 Å². The van der Waals surface area contributed by atoms with Crippen molar-refractivity contribution in [2.45, 2.75) is 71.6 Å². The first-order valence-electron chi connectivity index (χ1n) is 6.55. The average Bonchev–Trinajstić information content (AvgIpc) is 2.26. The topological polar surface area (TPSA) is 20.2 Å². The van der Waals surface area contributed by atoms with Gasteiger partial charge in [0, 0.05) is 6.61 Å². The second-order valence-electron chi connectivity index (χ2n) is 3.92. The maximum Gasteiger partial charge on any atom is 0.0431 e.